The first-order chi connectivity index (χ1) is 11.0. The molecule has 0 unspecified atom stereocenters. The van der Waals surface area contributed by atoms with Gasteiger partial charge >= 0.3 is 5.97 Å². The van der Waals surface area contributed by atoms with Crippen molar-refractivity contribution in [3.63, 3.8) is 0 Å². The molecular weight excluding hydrogens is 293 g/mol. The van der Waals surface area contributed by atoms with Gasteiger partial charge in [-0.3, -0.25) is 4.79 Å². The highest BCUT2D eigenvalue weighted by Crippen LogP contribution is 2.33. The van der Waals surface area contributed by atoms with E-state index in [1.807, 2.05) is 18.2 Å². The zero-order valence-corrected chi connectivity index (χ0v) is 13.1. The minimum Gasteiger partial charge on any atom is -0.481 e. The SMILES string of the molecule is CC(C)c1ccc2[nH]c(-c3cccc(F)c3)c(CC(=O)O)c2c1. The summed E-state index contributed by atoms with van der Waals surface area (Å²) in [6.45, 7) is 4.19. The molecule has 0 aliphatic carbocycles. The number of carbonyl (C=O) groups is 1. The van der Waals surface area contributed by atoms with E-state index in [0.29, 0.717) is 22.7 Å². The molecule has 1 aromatic heterocycles. The van der Waals surface area contributed by atoms with E-state index in [0.717, 1.165) is 16.5 Å². The smallest absolute Gasteiger partial charge is 0.307 e. The zero-order valence-electron chi connectivity index (χ0n) is 13.1. The quantitative estimate of drug-likeness (QED) is 0.732. The number of benzene rings is 2. The molecule has 3 aromatic rings. The molecule has 3 rings (SSSR count). The number of nitrogens with one attached hydrogen (secondary N) is 1. The van der Waals surface area contributed by atoms with Crippen molar-refractivity contribution >= 4 is 16.9 Å². The number of carboxylic acid groups (broad SMARTS) is 1. The molecule has 0 fully saturated rings. The topological polar surface area (TPSA) is 53.1 Å². The second kappa shape index (κ2) is 5.88. The molecule has 118 valence electrons. The molecule has 0 radical (unpaired) electrons. The van der Waals surface area contributed by atoms with Crippen LogP contribution in [0.3, 0.4) is 0 Å². The lowest BCUT2D eigenvalue weighted by molar-refractivity contribution is -0.136. The van der Waals surface area contributed by atoms with E-state index in [1.54, 1.807) is 12.1 Å². The van der Waals surface area contributed by atoms with E-state index in [1.165, 1.54) is 12.1 Å². The first-order valence-corrected chi connectivity index (χ1v) is 7.58. The standard InChI is InChI=1S/C19H18FNO2/c1-11(2)12-6-7-17-15(9-12)16(10-18(22)23)19(21-17)13-4-3-5-14(20)8-13/h3-9,11,21H,10H2,1-2H3,(H,22,23). The van der Waals surface area contributed by atoms with Gasteiger partial charge in [-0.15, -0.1) is 0 Å². The van der Waals surface area contributed by atoms with Crippen LogP contribution in [0.15, 0.2) is 42.5 Å². The van der Waals surface area contributed by atoms with Crippen LogP contribution in [-0.4, -0.2) is 16.1 Å². The summed E-state index contributed by atoms with van der Waals surface area (Å²) in [5.41, 5.74) is 4.03. The molecule has 1 heterocycles. The first kappa shape index (κ1) is 15.3. The number of carboxylic acids is 1. The Labute approximate surface area is 133 Å². The summed E-state index contributed by atoms with van der Waals surface area (Å²) < 4.78 is 13.5. The summed E-state index contributed by atoms with van der Waals surface area (Å²) in [4.78, 5) is 14.5. The number of aromatic nitrogens is 1. The van der Waals surface area contributed by atoms with Crippen LogP contribution < -0.4 is 0 Å². The van der Waals surface area contributed by atoms with E-state index < -0.39 is 5.97 Å². The van der Waals surface area contributed by atoms with E-state index in [2.05, 4.69) is 18.8 Å². The fourth-order valence-corrected chi connectivity index (χ4v) is 2.85. The number of fused-ring (bicyclic) bond motifs is 1. The Morgan fingerprint density at radius 2 is 2.00 bits per heavy atom. The number of rotatable bonds is 4. The Hall–Kier alpha value is -2.62. The number of hydrogen-bond donors (Lipinski definition) is 2. The number of aliphatic carboxylic acids is 1. The summed E-state index contributed by atoms with van der Waals surface area (Å²) in [7, 11) is 0. The maximum Gasteiger partial charge on any atom is 0.307 e. The summed E-state index contributed by atoms with van der Waals surface area (Å²) in [5.74, 6) is -0.895. The summed E-state index contributed by atoms with van der Waals surface area (Å²) >= 11 is 0. The average molecular weight is 311 g/mol. The first-order valence-electron chi connectivity index (χ1n) is 7.58. The Bertz CT molecular complexity index is 880. The number of halogens is 1. The normalized spacial score (nSPS) is 11.3. The molecule has 4 heteroatoms. The minimum absolute atomic E-state index is 0.104. The van der Waals surface area contributed by atoms with E-state index >= 15 is 0 Å². The molecule has 3 nitrogen and oxygen atoms in total. The van der Waals surface area contributed by atoms with Gasteiger partial charge in [-0.05, 0) is 41.3 Å². The lowest BCUT2D eigenvalue weighted by atomic mass is 9.98. The van der Waals surface area contributed by atoms with Gasteiger partial charge < -0.3 is 10.1 Å². The van der Waals surface area contributed by atoms with Crippen molar-refractivity contribution in [3.05, 3.63) is 59.4 Å². The monoisotopic (exact) mass is 311 g/mol. The van der Waals surface area contributed by atoms with Crippen molar-refractivity contribution in [3.8, 4) is 11.3 Å². The number of aromatic amines is 1. The number of hydrogen-bond acceptors (Lipinski definition) is 1. The molecule has 0 saturated heterocycles. The lowest BCUT2D eigenvalue weighted by Gasteiger charge is -2.06. The predicted molar refractivity (Wildman–Crippen MR) is 89.1 cm³/mol. The molecule has 0 amide bonds. The molecule has 0 atom stereocenters. The third-order valence-corrected chi connectivity index (χ3v) is 4.04. The molecule has 0 bridgehead atoms. The molecule has 23 heavy (non-hydrogen) atoms. The Morgan fingerprint density at radius 3 is 2.65 bits per heavy atom. The van der Waals surface area contributed by atoms with E-state index in [-0.39, 0.29) is 12.2 Å². The van der Waals surface area contributed by atoms with Crippen LogP contribution in [0.2, 0.25) is 0 Å². The maximum atomic E-state index is 13.5. The van der Waals surface area contributed by atoms with Crippen LogP contribution in [0.5, 0.6) is 0 Å². The Kier molecular flexibility index (Phi) is 3.90. The second-order valence-corrected chi connectivity index (χ2v) is 6.02. The second-order valence-electron chi connectivity index (χ2n) is 6.02. The van der Waals surface area contributed by atoms with Crippen molar-refractivity contribution in [2.24, 2.45) is 0 Å². The molecule has 2 aromatic carbocycles. The molecule has 0 aliphatic heterocycles. The summed E-state index contributed by atoms with van der Waals surface area (Å²) in [5, 5.41) is 10.1. The van der Waals surface area contributed by atoms with Gasteiger partial charge in [0.25, 0.3) is 0 Å². The number of H-pyrrole nitrogens is 1. The van der Waals surface area contributed by atoms with Gasteiger partial charge in [-0.1, -0.05) is 32.0 Å². The van der Waals surface area contributed by atoms with Gasteiger partial charge in [0, 0.05) is 16.5 Å². The molecular formula is C19H18FNO2. The summed E-state index contributed by atoms with van der Waals surface area (Å²) in [6.07, 6.45) is -0.104. The van der Waals surface area contributed by atoms with Gasteiger partial charge in [0.2, 0.25) is 0 Å². The van der Waals surface area contributed by atoms with Crippen LogP contribution >= 0.6 is 0 Å². The van der Waals surface area contributed by atoms with Gasteiger partial charge in [0.05, 0.1) is 12.1 Å². The van der Waals surface area contributed by atoms with E-state index in [9.17, 15) is 14.3 Å². The van der Waals surface area contributed by atoms with Gasteiger partial charge in [0.1, 0.15) is 5.82 Å². The van der Waals surface area contributed by atoms with Crippen LogP contribution in [0, 0.1) is 5.82 Å². The highest BCUT2D eigenvalue weighted by atomic mass is 19.1. The molecule has 0 aliphatic rings. The summed E-state index contributed by atoms with van der Waals surface area (Å²) in [6, 6.07) is 12.2. The average Bonchev–Trinajstić information content (AvgIpc) is 2.84. The third kappa shape index (κ3) is 2.97. The minimum atomic E-state index is -0.904. The Morgan fingerprint density at radius 1 is 1.22 bits per heavy atom. The van der Waals surface area contributed by atoms with Crippen molar-refractivity contribution in [2.45, 2.75) is 26.2 Å². The van der Waals surface area contributed by atoms with Gasteiger partial charge in [-0.25, -0.2) is 4.39 Å². The molecule has 0 spiro atoms. The van der Waals surface area contributed by atoms with Crippen LogP contribution in [0.4, 0.5) is 4.39 Å². The molecule has 0 saturated carbocycles. The van der Waals surface area contributed by atoms with Crippen LogP contribution in [0.1, 0.15) is 30.9 Å². The van der Waals surface area contributed by atoms with Gasteiger partial charge in [-0.2, -0.15) is 0 Å². The largest absolute Gasteiger partial charge is 0.481 e. The van der Waals surface area contributed by atoms with E-state index in [4.69, 9.17) is 0 Å². The van der Waals surface area contributed by atoms with Crippen molar-refractivity contribution < 1.29 is 14.3 Å². The lowest BCUT2D eigenvalue weighted by Crippen LogP contribution is -2.01. The highest BCUT2D eigenvalue weighted by Gasteiger charge is 2.17. The van der Waals surface area contributed by atoms with Crippen molar-refractivity contribution in [1.82, 2.24) is 4.98 Å². The van der Waals surface area contributed by atoms with Crippen molar-refractivity contribution in [1.29, 1.82) is 0 Å². The third-order valence-electron chi connectivity index (χ3n) is 4.04. The Balaban J connectivity index is 2.26. The predicted octanol–water partition coefficient (Wildman–Crippen LogP) is 4.72. The van der Waals surface area contributed by atoms with Crippen LogP contribution in [-0.2, 0) is 11.2 Å². The fraction of sp³-hybridized carbons (Fsp3) is 0.211. The van der Waals surface area contributed by atoms with Gasteiger partial charge in [0.15, 0.2) is 0 Å². The fourth-order valence-electron chi connectivity index (χ4n) is 2.85. The van der Waals surface area contributed by atoms with Crippen LogP contribution in [0.25, 0.3) is 22.2 Å². The maximum absolute atomic E-state index is 13.5. The highest BCUT2D eigenvalue weighted by molar-refractivity contribution is 5.94. The molecule has 2 N–H and O–H groups in total. The zero-order chi connectivity index (χ0) is 16.6. The van der Waals surface area contributed by atoms with Crippen molar-refractivity contribution in [2.75, 3.05) is 0 Å².